The predicted molar refractivity (Wildman–Crippen MR) is 53.1 cm³/mol. The van der Waals surface area contributed by atoms with E-state index in [-0.39, 0.29) is 6.23 Å². The summed E-state index contributed by atoms with van der Waals surface area (Å²) in [7, 11) is 0. The SMILES string of the molecule is CCCC(O)N(CCC)CCC. The summed E-state index contributed by atoms with van der Waals surface area (Å²) < 4.78 is 0. The lowest BCUT2D eigenvalue weighted by Crippen LogP contribution is -2.36. The Morgan fingerprint density at radius 3 is 1.83 bits per heavy atom. The monoisotopic (exact) mass is 173 g/mol. The fourth-order valence-corrected chi connectivity index (χ4v) is 1.43. The van der Waals surface area contributed by atoms with Crippen LogP contribution in [0.2, 0.25) is 0 Å². The summed E-state index contributed by atoms with van der Waals surface area (Å²) in [6.07, 6.45) is 4.00. The highest BCUT2D eigenvalue weighted by Crippen LogP contribution is 2.05. The third-order valence-corrected chi connectivity index (χ3v) is 1.99. The van der Waals surface area contributed by atoms with Gasteiger partial charge in [-0.25, -0.2) is 0 Å². The van der Waals surface area contributed by atoms with Gasteiger partial charge in [-0.3, -0.25) is 4.90 Å². The van der Waals surface area contributed by atoms with E-state index in [1.807, 2.05) is 0 Å². The molecule has 0 spiro atoms. The highest BCUT2D eigenvalue weighted by molar-refractivity contribution is 4.60. The fourth-order valence-electron chi connectivity index (χ4n) is 1.43. The third-order valence-electron chi connectivity index (χ3n) is 1.99. The second-order valence-corrected chi connectivity index (χ2v) is 3.31. The zero-order valence-electron chi connectivity index (χ0n) is 8.71. The van der Waals surface area contributed by atoms with Crippen molar-refractivity contribution >= 4 is 0 Å². The first-order valence-electron chi connectivity index (χ1n) is 5.18. The maximum atomic E-state index is 9.70. The first-order valence-corrected chi connectivity index (χ1v) is 5.18. The predicted octanol–water partition coefficient (Wildman–Crippen LogP) is 2.23. The zero-order chi connectivity index (χ0) is 9.40. The molecule has 0 aliphatic heterocycles. The van der Waals surface area contributed by atoms with Crippen LogP contribution in [0, 0.1) is 0 Å². The summed E-state index contributed by atoms with van der Waals surface area (Å²) in [5.41, 5.74) is 0. The lowest BCUT2D eigenvalue weighted by atomic mass is 10.2. The van der Waals surface area contributed by atoms with Crippen molar-refractivity contribution in [3.05, 3.63) is 0 Å². The number of aliphatic hydroxyl groups is 1. The molecule has 1 unspecified atom stereocenters. The van der Waals surface area contributed by atoms with Gasteiger partial charge in [0, 0.05) is 13.1 Å². The van der Waals surface area contributed by atoms with E-state index in [2.05, 4.69) is 25.7 Å². The number of nitrogens with zero attached hydrogens (tertiary/aromatic N) is 1. The summed E-state index contributed by atoms with van der Waals surface area (Å²) in [5.74, 6) is 0. The van der Waals surface area contributed by atoms with Crippen LogP contribution < -0.4 is 0 Å². The quantitative estimate of drug-likeness (QED) is 0.597. The first kappa shape index (κ1) is 11.9. The van der Waals surface area contributed by atoms with Crippen LogP contribution >= 0.6 is 0 Å². The molecule has 0 aromatic rings. The van der Waals surface area contributed by atoms with E-state index >= 15 is 0 Å². The Bertz CT molecular complexity index is 89.8. The smallest absolute Gasteiger partial charge is 0.107 e. The van der Waals surface area contributed by atoms with Crippen LogP contribution in [0.5, 0.6) is 0 Å². The third kappa shape index (κ3) is 4.73. The van der Waals surface area contributed by atoms with Gasteiger partial charge in [-0.15, -0.1) is 0 Å². The average Bonchev–Trinajstić information content (AvgIpc) is 2.04. The lowest BCUT2D eigenvalue weighted by Gasteiger charge is -2.26. The van der Waals surface area contributed by atoms with Crippen LogP contribution in [-0.4, -0.2) is 29.3 Å². The zero-order valence-corrected chi connectivity index (χ0v) is 8.71. The molecule has 0 heterocycles. The van der Waals surface area contributed by atoms with Crippen molar-refractivity contribution in [1.29, 1.82) is 0 Å². The molecule has 0 radical (unpaired) electrons. The van der Waals surface area contributed by atoms with Crippen molar-refractivity contribution in [2.24, 2.45) is 0 Å². The van der Waals surface area contributed by atoms with E-state index in [1.165, 1.54) is 0 Å². The molecule has 12 heavy (non-hydrogen) atoms. The minimum absolute atomic E-state index is 0.213. The topological polar surface area (TPSA) is 23.5 Å². The maximum Gasteiger partial charge on any atom is 0.107 e. The molecule has 74 valence electrons. The molecule has 0 aliphatic carbocycles. The van der Waals surface area contributed by atoms with E-state index in [9.17, 15) is 5.11 Å². The number of hydrogen-bond donors (Lipinski definition) is 1. The van der Waals surface area contributed by atoms with Gasteiger partial charge in [0.1, 0.15) is 6.23 Å². The van der Waals surface area contributed by atoms with Gasteiger partial charge >= 0.3 is 0 Å². The Morgan fingerprint density at radius 1 is 1.00 bits per heavy atom. The Hall–Kier alpha value is -0.0800. The minimum Gasteiger partial charge on any atom is -0.378 e. The molecular weight excluding hydrogens is 150 g/mol. The molecule has 0 bridgehead atoms. The number of hydrogen-bond acceptors (Lipinski definition) is 2. The first-order chi connectivity index (χ1) is 5.76. The van der Waals surface area contributed by atoms with Gasteiger partial charge in [0.25, 0.3) is 0 Å². The van der Waals surface area contributed by atoms with Crippen LogP contribution in [0.25, 0.3) is 0 Å². The van der Waals surface area contributed by atoms with Gasteiger partial charge in [0.2, 0.25) is 0 Å². The van der Waals surface area contributed by atoms with Gasteiger partial charge < -0.3 is 5.11 Å². The van der Waals surface area contributed by atoms with E-state index in [1.54, 1.807) is 0 Å². The van der Waals surface area contributed by atoms with Crippen molar-refractivity contribution in [1.82, 2.24) is 4.90 Å². The number of rotatable bonds is 7. The summed E-state index contributed by atoms with van der Waals surface area (Å²) in [5, 5.41) is 9.70. The van der Waals surface area contributed by atoms with E-state index in [0.717, 1.165) is 38.8 Å². The molecule has 0 saturated carbocycles. The molecule has 0 aromatic heterocycles. The number of aliphatic hydroxyl groups excluding tert-OH is 1. The Balaban J connectivity index is 3.72. The van der Waals surface area contributed by atoms with Crippen LogP contribution in [0.3, 0.4) is 0 Å². The Labute approximate surface area is 76.6 Å². The van der Waals surface area contributed by atoms with E-state index < -0.39 is 0 Å². The summed E-state index contributed by atoms with van der Waals surface area (Å²) in [4.78, 5) is 2.17. The molecule has 2 nitrogen and oxygen atoms in total. The van der Waals surface area contributed by atoms with Gasteiger partial charge in [-0.1, -0.05) is 27.2 Å². The van der Waals surface area contributed by atoms with E-state index in [4.69, 9.17) is 0 Å². The van der Waals surface area contributed by atoms with Gasteiger partial charge in [-0.05, 0) is 19.3 Å². The van der Waals surface area contributed by atoms with Crippen molar-refractivity contribution in [2.45, 2.75) is 52.7 Å². The highest BCUT2D eigenvalue weighted by atomic mass is 16.3. The largest absolute Gasteiger partial charge is 0.378 e. The molecule has 0 aromatic carbocycles. The van der Waals surface area contributed by atoms with Crippen molar-refractivity contribution in [3.63, 3.8) is 0 Å². The Kier molecular flexibility index (Phi) is 7.51. The summed E-state index contributed by atoms with van der Waals surface area (Å²) in [6, 6.07) is 0. The van der Waals surface area contributed by atoms with Crippen LogP contribution in [-0.2, 0) is 0 Å². The highest BCUT2D eigenvalue weighted by Gasteiger charge is 2.11. The molecule has 0 aliphatic rings. The second-order valence-electron chi connectivity index (χ2n) is 3.31. The van der Waals surface area contributed by atoms with Crippen LogP contribution in [0.1, 0.15) is 46.5 Å². The molecule has 1 atom stereocenters. The molecule has 2 heteroatoms. The fraction of sp³-hybridized carbons (Fsp3) is 1.00. The molecule has 0 amide bonds. The lowest BCUT2D eigenvalue weighted by molar-refractivity contribution is -0.00278. The van der Waals surface area contributed by atoms with Crippen LogP contribution in [0.4, 0.5) is 0 Å². The summed E-state index contributed by atoms with van der Waals surface area (Å²) in [6.45, 7) is 8.46. The molecule has 0 fully saturated rings. The molecular formula is C10H23NO. The standard InChI is InChI=1S/C10H23NO/c1-4-7-10(12)11(8-5-2)9-6-3/h10,12H,4-9H2,1-3H3. The van der Waals surface area contributed by atoms with Crippen molar-refractivity contribution in [3.8, 4) is 0 Å². The minimum atomic E-state index is -0.213. The van der Waals surface area contributed by atoms with Crippen molar-refractivity contribution < 1.29 is 5.11 Å². The average molecular weight is 173 g/mol. The van der Waals surface area contributed by atoms with Crippen molar-refractivity contribution in [2.75, 3.05) is 13.1 Å². The molecule has 0 rings (SSSR count). The Morgan fingerprint density at radius 2 is 1.50 bits per heavy atom. The van der Waals surface area contributed by atoms with E-state index in [0.29, 0.717) is 0 Å². The second kappa shape index (κ2) is 7.56. The normalized spacial score (nSPS) is 13.8. The maximum absolute atomic E-state index is 9.70. The molecule has 0 saturated heterocycles. The van der Waals surface area contributed by atoms with Gasteiger partial charge in [-0.2, -0.15) is 0 Å². The molecule has 1 N–H and O–H groups in total. The van der Waals surface area contributed by atoms with Crippen LogP contribution in [0.15, 0.2) is 0 Å². The van der Waals surface area contributed by atoms with Gasteiger partial charge in [0.05, 0.1) is 0 Å². The van der Waals surface area contributed by atoms with Gasteiger partial charge in [0.15, 0.2) is 0 Å². The summed E-state index contributed by atoms with van der Waals surface area (Å²) >= 11 is 0.